The minimum absolute atomic E-state index is 0.0458. The van der Waals surface area contributed by atoms with E-state index in [1.807, 2.05) is 55.5 Å². The molecule has 1 atom stereocenters. The second-order valence-electron chi connectivity index (χ2n) is 8.42. The van der Waals surface area contributed by atoms with Crippen molar-refractivity contribution in [3.63, 3.8) is 0 Å². The first-order chi connectivity index (χ1) is 17.4. The molecule has 0 bridgehead atoms. The van der Waals surface area contributed by atoms with E-state index in [0.29, 0.717) is 22.7 Å². The predicted octanol–water partition coefficient (Wildman–Crippen LogP) is 3.81. The van der Waals surface area contributed by atoms with Gasteiger partial charge in [-0.3, -0.25) is 9.59 Å². The number of nitrogens with one attached hydrogen (secondary N) is 1. The first-order valence-electron chi connectivity index (χ1n) is 11.6. The standard InChI is InChI=1S/C27H29N5O4/c1-18-9-5-6-10-20(18)16-31(26(33)17-32-24-12-8-7-11-22(24)29-30-32)19(2)27(34)28-23-14-13-21(35-3)15-25(23)36-4/h5-15,19H,16-17H2,1-4H3,(H,28,34). The number of benzene rings is 3. The molecule has 0 saturated carbocycles. The lowest BCUT2D eigenvalue weighted by molar-refractivity contribution is -0.139. The number of aromatic nitrogens is 3. The average Bonchev–Trinajstić information content (AvgIpc) is 3.30. The molecule has 0 saturated heterocycles. The van der Waals surface area contributed by atoms with Crippen LogP contribution in [0.3, 0.4) is 0 Å². The maximum atomic E-state index is 13.6. The van der Waals surface area contributed by atoms with Gasteiger partial charge in [0.2, 0.25) is 11.8 Å². The summed E-state index contributed by atoms with van der Waals surface area (Å²) in [5.41, 5.74) is 3.93. The number of amides is 2. The third kappa shape index (κ3) is 5.30. The number of carbonyl (C=O) groups excluding carboxylic acids is 2. The van der Waals surface area contributed by atoms with Crippen LogP contribution in [0.4, 0.5) is 5.69 Å². The van der Waals surface area contributed by atoms with Crippen LogP contribution in [-0.2, 0) is 22.7 Å². The lowest BCUT2D eigenvalue weighted by atomic mass is 10.1. The van der Waals surface area contributed by atoms with Crippen molar-refractivity contribution in [3.05, 3.63) is 77.9 Å². The highest BCUT2D eigenvalue weighted by atomic mass is 16.5. The molecule has 1 N–H and O–H groups in total. The Bertz CT molecular complexity index is 1380. The van der Waals surface area contributed by atoms with E-state index in [4.69, 9.17) is 9.47 Å². The first-order valence-corrected chi connectivity index (χ1v) is 11.6. The topological polar surface area (TPSA) is 98.6 Å². The van der Waals surface area contributed by atoms with Crippen LogP contribution in [-0.4, -0.2) is 52.0 Å². The van der Waals surface area contributed by atoms with Crippen molar-refractivity contribution in [2.45, 2.75) is 33.0 Å². The Hall–Kier alpha value is -4.40. The molecule has 186 valence electrons. The Labute approximate surface area is 209 Å². The summed E-state index contributed by atoms with van der Waals surface area (Å²) < 4.78 is 12.2. The number of ether oxygens (including phenoxy) is 2. The second kappa shape index (κ2) is 10.9. The molecule has 1 heterocycles. The molecule has 3 aromatic carbocycles. The monoisotopic (exact) mass is 487 g/mol. The van der Waals surface area contributed by atoms with E-state index in [2.05, 4.69) is 15.6 Å². The summed E-state index contributed by atoms with van der Waals surface area (Å²) >= 11 is 0. The van der Waals surface area contributed by atoms with Gasteiger partial charge < -0.3 is 19.7 Å². The number of nitrogens with zero attached hydrogens (tertiary/aromatic N) is 4. The highest BCUT2D eigenvalue weighted by molar-refractivity contribution is 5.98. The molecule has 1 unspecified atom stereocenters. The van der Waals surface area contributed by atoms with Crippen LogP contribution in [0.25, 0.3) is 11.0 Å². The molecule has 0 radical (unpaired) electrons. The van der Waals surface area contributed by atoms with E-state index >= 15 is 0 Å². The molecule has 9 heteroatoms. The van der Waals surface area contributed by atoms with E-state index in [1.165, 1.54) is 7.11 Å². The van der Waals surface area contributed by atoms with Gasteiger partial charge in [-0.05, 0) is 49.2 Å². The number of methoxy groups -OCH3 is 2. The fourth-order valence-corrected chi connectivity index (χ4v) is 3.95. The van der Waals surface area contributed by atoms with Crippen LogP contribution < -0.4 is 14.8 Å². The molecule has 0 aliphatic rings. The van der Waals surface area contributed by atoms with Gasteiger partial charge in [0.05, 0.1) is 25.4 Å². The Kier molecular flexibility index (Phi) is 7.48. The van der Waals surface area contributed by atoms with Gasteiger partial charge in [-0.25, -0.2) is 4.68 Å². The smallest absolute Gasteiger partial charge is 0.247 e. The summed E-state index contributed by atoms with van der Waals surface area (Å²) in [4.78, 5) is 28.5. The van der Waals surface area contributed by atoms with E-state index in [-0.39, 0.29) is 24.9 Å². The van der Waals surface area contributed by atoms with Crippen molar-refractivity contribution in [3.8, 4) is 11.5 Å². The average molecular weight is 488 g/mol. The third-order valence-electron chi connectivity index (χ3n) is 6.14. The van der Waals surface area contributed by atoms with Crippen molar-refractivity contribution in [2.24, 2.45) is 0 Å². The lowest BCUT2D eigenvalue weighted by Gasteiger charge is -2.29. The van der Waals surface area contributed by atoms with Crippen LogP contribution in [0.1, 0.15) is 18.1 Å². The fourth-order valence-electron chi connectivity index (χ4n) is 3.95. The van der Waals surface area contributed by atoms with Crippen LogP contribution in [0.5, 0.6) is 11.5 Å². The predicted molar refractivity (Wildman–Crippen MR) is 137 cm³/mol. The molecular formula is C27H29N5O4. The summed E-state index contributed by atoms with van der Waals surface area (Å²) in [6.45, 7) is 3.92. The molecule has 36 heavy (non-hydrogen) atoms. The highest BCUT2D eigenvalue weighted by Gasteiger charge is 2.28. The molecule has 2 amide bonds. The van der Waals surface area contributed by atoms with Gasteiger partial charge in [0.1, 0.15) is 29.6 Å². The van der Waals surface area contributed by atoms with Gasteiger partial charge in [-0.15, -0.1) is 5.10 Å². The molecule has 0 aliphatic carbocycles. The molecular weight excluding hydrogens is 458 g/mol. The van der Waals surface area contributed by atoms with E-state index in [1.54, 1.807) is 41.8 Å². The second-order valence-corrected chi connectivity index (χ2v) is 8.42. The largest absolute Gasteiger partial charge is 0.497 e. The number of para-hydroxylation sites is 1. The Morgan fingerprint density at radius 1 is 1.03 bits per heavy atom. The summed E-state index contributed by atoms with van der Waals surface area (Å²) in [5, 5.41) is 11.2. The Morgan fingerprint density at radius 2 is 1.78 bits per heavy atom. The number of carbonyl (C=O) groups is 2. The van der Waals surface area contributed by atoms with Gasteiger partial charge in [0, 0.05) is 12.6 Å². The van der Waals surface area contributed by atoms with Gasteiger partial charge in [-0.1, -0.05) is 41.6 Å². The molecule has 0 fully saturated rings. The number of aryl methyl sites for hydroxylation is 1. The summed E-state index contributed by atoms with van der Waals surface area (Å²) in [6, 6.07) is 19.6. The molecule has 4 aromatic rings. The minimum atomic E-state index is -0.779. The Balaban J connectivity index is 1.60. The van der Waals surface area contributed by atoms with Gasteiger partial charge in [0.25, 0.3) is 0 Å². The molecule has 0 spiro atoms. The number of rotatable bonds is 9. The molecule has 4 rings (SSSR count). The maximum Gasteiger partial charge on any atom is 0.247 e. The number of hydrogen-bond acceptors (Lipinski definition) is 6. The minimum Gasteiger partial charge on any atom is -0.497 e. The van der Waals surface area contributed by atoms with Crippen LogP contribution in [0, 0.1) is 6.92 Å². The summed E-state index contributed by atoms with van der Waals surface area (Å²) in [6.07, 6.45) is 0. The van der Waals surface area contributed by atoms with Gasteiger partial charge in [0.15, 0.2) is 0 Å². The number of anilines is 1. The number of fused-ring (bicyclic) bond motifs is 1. The van der Waals surface area contributed by atoms with Crippen molar-refractivity contribution >= 4 is 28.5 Å². The SMILES string of the molecule is COc1ccc(NC(=O)C(C)N(Cc2ccccc2C)C(=O)Cn2nnc3ccccc32)c(OC)c1. The normalized spacial score (nSPS) is 11.7. The van der Waals surface area contributed by atoms with Crippen LogP contribution in [0.2, 0.25) is 0 Å². The van der Waals surface area contributed by atoms with Gasteiger partial charge in [-0.2, -0.15) is 0 Å². The maximum absolute atomic E-state index is 13.6. The molecule has 1 aromatic heterocycles. The third-order valence-corrected chi connectivity index (χ3v) is 6.14. The highest BCUT2D eigenvalue weighted by Crippen LogP contribution is 2.29. The van der Waals surface area contributed by atoms with Crippen molar-refractivity contribution < 1.29 is 19.1 Å². The first kappa shape index (κ1) is 24.7. The quantitative estimate of drug-likeness (QED) is 0.386. The van der Waals surface area contributed by atoms with Crippen molar-refractivity contribution in [1.82, 2.24) is 19.9 Å². The van der Waals surface area contributed by atoms with Crippen molar-refractivity contribution in [1.29, 1.82) is 0 Å². The Morgan fingerprint density at radius 3 is 2.53 bits per heavy atom. The van der Waals surface area contributed by atoms with Crippen LogP contribution >= 0.6 is 0 Å². The van der Waals surface area contributed by atoms with Crippen molar-refractivity contribution in [2.75, 3.05) is 19.5 Å². The zero-order chi connectivity index (χ0) is 25.7. The summed E-state index contributed by atoms with van der Waals surface area (Å²) in [7, 11) is 3.08. The van der Waals surface area contributed by atoms with E-state index in [0.717, 1.165) is 16.6 Å². The fraction of sp³-hybridized carbons (Fsp3) is 0.259. The zero-order valence-electron chi connectivity index (χ0n) is 20.8. The molecule has 0 aliphatic heterocycles. The van der Waals surface area contributed by atoms with Gasteiger partial charge >= 0.3 is 0 Å². The number of hydrogen-bond donors (Lipinski definition) is 1. The molecule has 9 nitrogen and oxygen atoms in total. The van der Waals surface area contributed by atoms with Crippen LogP contribution in [0.15, 0.2) is 66.7 Å². The summed E-state index contributed by atoms with van der Waals surface area (Å²) in [5.74, 6) is 0.470. The van der Waals surface area contributed by atoms with E-state index < -0.39 is 6.04 Å². The van der Waals surface area contributed by atoms with E-state index in [9.17, 15) is 9.59 Å². The lowest BCUT2D eigenvalue weighted by Crippen LogP contribution is -2.46. The zero-order valence-corrected chi connectivity index (χ0v) is 20.8.